The molecule has 1 saturated heterocycles. The van der Waals surface area contributed by atoms with Crippen LogP contribution in [-0.4, -0.2) is 43.4 Å². The third-order valence-corrected chi connectivity index (χ3v) is 6.75. The van der Waals surface area contributed by atoms with Gasteiger partial charge in [-0.25, -0.2) is 12.7 Å². The van der Waals surface area contributed by atoms with Gasteiger partial charge in [-0.1, -0.05) is 23.7 Å². The molecule has 0 spiro atoms. The number of hydrazine groups is 1. The maximum absolute atomic E-state index is 12.2. The molecule has 8 nitrogen and oxygen atoms in total. The van der Waals surface area contributed by atoms with E-state index in [4.69, 9.17) is 16.3 Å². The Morgan fingerprint density at radius 3 is 2.37 bits per heavy atom. The van der Waals surface area contributed by atoms with Gasteiger partial charge in [0.15, 0.2) is 0 Å². The Labute approximate surface area is 180 Å². The molecule has 0 aromatic heterocycles. The topological polar surface area (TPSA) is 105 Å². The summed E-state index contributed by atoms with van der Waals surface area (Å²) in [4.78, 5) is 24.0. The summed E-state index contributed by atoms with van der Waals surface area (Å²) >= 11 is 5.83. The Balaban J connectivity index is 1.41. The fraction of sp³-hybridized carbons (Fsp3) is 0.300. The molecule has 0 unspecified atom stereocenters. The minimum absolute atomic E-state index is 0.0273. The van der Waals surface area contributed by atoms with E-state index in [9.17, 15) is 18.0 Å². The Morgan fingerprint density at radius 2 is 1.73 bits per heavy atom. The fourth-order valence-electron chi connectivity index (χ4n) is 2.88. The van der Waals surface area contributed by atoms with Crippen LogP contribution in [0.15, 0.2) is 48.5 Å². The molecule has 10 heteroatoms. The van der Waals surface area contributed by atoms with Gasteiger partial charge in [-0.05, 0) is 48.4 Å². The first-order valence-corrected chi connectivity index (χ1v) is 11.4. The fourth-order valence-corrected chi connectivity index (χ4v) is 4.53. The first-order chi connectivity index (χ1) is 14.3. The molecule has 1 heterocycles. The van der Waals surface area contributed by atoms with E-state index < -0.39 is 21.8 Å². The number of ether oxygens (including phenoxy) is 1. The number of carbonyl (C=O) groups excluding carboxylic acids is 2. The molecule has 30 heavy (non-hydrogen) atoms. The summed E-state index contributed by atoms with van der Waals surface area (Å²) in [5.41, 5.74) is 5.87. The van der Waals surface area contributed by atoms with E-state index in [-0.39, 0.29) is 18.7 Å². The van der Waals surface area contributed by atoms with Crippen molar-refractivity contribution < 1.29 is 22.7 Å². The zero-order valence-corrected chi connectivity index (χ0v) is 17.7. The average Bonchev–Trinajstić information content (AvgIpc) is 3.08. The number of halogens is 1. The second-order valence-corrected chi connectivity index (χ2v) is 9.29. The van der Waals surface area contributed by atoms with Crippen molar-refractivity contribution in [2.75, 3.05) is 18.8 Å². The zero-order valence-electron chi connectivity index (χ0n) is 16.1. The highest BCUT2D eigenvalue weighted by molar-refractivity contribution is 7.89. The smallest absolute Gasteiger partial charge is 0.269 e. The van der Waals surface area contributed by atoms with Crippen molar-refractivity contribution in [3.8, 4) is 5.75 Å². The predicted molar refractivity (Wildman–Crippen MR) is 112 cm³/mol. The molecule has 0 saturated carbocycles. The highest BCUT2D eigenvalue weighted by Crippen LogP contribution is 2.17. The molecular formula is C20H22ClN3O5S. The van der Waals surface area contributed by atoms with Crippen molar-refractivity contribution in [3.05, 3.63) is 64.7 Å². The Hall–Kier alpha value is -2.62. The second kappa shape index (κ2) is 9.92. The molecular weight excluding hydrogens is 430 g/mol. The third-order valence-electron chi connectivity index (χ3n) is 4.54. The summed E-state index contributed by atoms with van der Waals surface area (Å²) in [6.45, 7) is 0.863. The summed E-state index contributed by atoms with van der Waals surface area (Å²) in [6, 6.07) is 13.8. The molecule has 0 bridgehead atoms. The van der Waals surface area contributed by atoms with Crippen molar-refractivity contribution in [3.63, 3.8) is 0 Å². The third kappa shape index (κ3) is 6.19. The number of nitrogens with one attached hydrogen (secondary N) is 2. The van der Waals surface area contributed by atoms with Crippen LogP contribution in [0.3, 0.4) is 0 Å². The van der Waals surface area contributed by atoms with Gasteiger partial charge in [0.2, 0.25) is 15.9 Å². The van der Waals surface area contributed by atoms with Crippen LogP contribution < -0.4 is 15.6 Å². The SMILES string of the molecule is O=C(CCN1CCCS1(=O)=O)NNC(=O)c1ccc(COc2ccc(Cl)cc2)cc1. The van der Waals surface area contributed by atoms with E-state index in [0.717, 1.165) is 5.56 Å². The molecule has 0 aliphatic carbocycles. The average molecular weight is 452 g/mol. The maximum atomic E-state index is 12.2. The lowest BCUT2D eigenvalue weighted by atomic mass is 10.1. The Morgan fingerprint density at radius 1 is 1.03 bits per heavy atom. The van der Waals surface area contributed by atoms with Crippen molar-refractivity contribution in [1.82, 2.24) is 15.2 Å². The van der Waals surface area contributed by atoms with Crippen LogP contribution in [0.4, 0.5) is 0 Å². The summed E-state index contributed by atoms with van der Waals surface area (Å²) in [6.07, 6.45) is 0.544. The number of benzene rings is 2. The number of sulfonamides is 1. The maximum Gasteiger partial charge on any atom is 0.269 e. The normalized spacial score (nSPS) is 15.5. The minimum Gasteiger partial charge on any atom is -0.489 e. The van der Waals surface area contributed by atoms with Crippen molar-refractivity contribution >= 4 is 33.4 Å². The molecule has 160 valence electrons. The summed E-state index contributed by atoms with van der Waals surface area (Å²) in [5.74, 6) is -0.127. The van der Waals surface area contributed by atoms with Crippen LogP contribution in [-0.2, 0) is 21.4 Å². The van der Waals surface area contributed by atoms with E-state index >= 15 is 0 Å². The van der Waals surface area contributed by atoms with Gasteiger partial charge in [0, 0.05) is 30.1 Å². The number of nitrogens with zero attached hydrogens (tertiary/aromatic N) is 1. The van der Waals surface area contributed by atoms with Gasteiger partial charge >= 0.3 is 0 Å². The van der Waals surface area contributed by atoms with Gasteiger partial charge in [-0.3, -0.25) is 20.4 Å². The van der Waals surface area contributed by atoms with Crippen LogP contribution in [0, 0.1) is 0 Å². The summed E-state index contributed by atoms with van der Waals surface area (Å²) in [5, 5.41) is 0.630. The van der Waals surface area contributed by atoms with Crippen molar-refractivity contribution in [2.45, 2.75) is 19.4 Å². The summed E-state index contributed by atoms with van der Waals surface area (Å²) < 4.78 is 30.3. The lowest BCUT2D eigenvalue weighted by Gasteiger charge is -2.14. The highest BCUT2D eigenvalue weighted by Gasteiger charge is 2.28. The molecule has 3 rings (SSSR count). The molecule has 0 atom stereocenters. The van der Waals surface area contributed by atoms with Crippen LogP contribution in [0.5, 0.6) is 5.75 Å². The van der Waals surface area contributed by atoms with Gasteiger partial charge in [-0.15, -0.1) is 0 Å². The molecule has 2 amide bonds. The van der Waals surface area contributed by atoms with Gasteiger partial charge in [0.1, 0.15) is 12.4 Å². The number of rotatable bonds is 7. The minimum atomic E-state index is -3.24. The van der Waals surface area contributed by atoms with Gasteiger partial charge < -0.3 is 4.74 Å². The van der Waals surface area contributed by atoms with E-state index in [1.54, 1.807) is 48.5 Å². The first-order valence-electron chi connectivity index (χ1n) is 9.38. The van der Waals surface area contributed by atoms with E-state index in [2.05, 4.69) is 10.9 Å². The number of carbonyl (C=O) groups is 2. The van der Waals surface area contributed by atoms with E-state index in [1.165, 1.54) is 4.31 Å². The molecule has 2 N–H and O–H groups in total. The molecule has 2 aromatic carbocycles. The monoisotopic (exact) mass is 451 g/mol. The van der Waals surface area contributed by atoms with Gasteiger partial charge in [-0.2, -0.15) is 0 Å². The molecule has 0 radical (unpaired) electrons. The molecule has 1 fully saturated rings. The molecule has 1 aliphatic heterocycles. The Bertz CT molecular complexity index is 994. The van der Waals surface area contributed by atoms with Crippen LogP contribution in [0.2, 0.25) is 5.02 Å². The van der Waals surface area contributed by atoms with E-state index in [1.807, 2.05) is 0 Å². The lowest BCUT2D eigenvalue weighted by molar-refractivity contribution is -0.121. The standard InChI is InChI=1S/C20H22ClN3O5S/c21-17-6-8-18(9-7-17)29-14-15-2-4-16(5-3-15)20(26)23-22-19(25)10-12-24-11-1-13-30(24,27)28/h2-9H,1,10-14H2,(H,22,25)(H,23,26). The number of hydrogen-bond acceptors (Lipinski definition) is 5. The second-order valence-electron chi connectivity index (χ2n) is 6.76. The van der Waals surface area contributed by atoms with Gasteiger partial charge in [0.25, 0.3) is 5.91 Å². The highest BCUT2D eigenvalue weighted by atomic mass is 35.5. The zero-order chi connectivity index (χ0) is 21.6. The van der Waals surface area contributed by atoms with Crippen LogP contribution in [0.25, 0.3) is 0 Å². The largest absolute Gasteiger partial charge is 0.489 e. The van der Waals surface area contributed by atoms with Crippen molar-refractivity contribution in [1.29, 1.82) is 0 Å². The Kier molecular flexibility index (Phi) is 7.30. The van der Waals surface area contributed by atoms with Crippen molar-refractivity contribution in [2.24, 2.45) is 0 Å². The lowest BCUT2D eigenvalue weighted by Crippen LogP contribution is -2.43. The van der Waals surface area contributed by atoms with Gasteiger partial charge in [0.05, 0.1) is 5.75 Å². The summed E-state index contributed by atoms with van der Waals surface area (Å²) in [7, 11) is -3.24. The number of amides is 2. The number of hydrogen-bond donors (Lipinski definition) is 2. The molecule has 1 aliphatic rings. The quantitative estimate of drug-likeness (QED) is 0.627. The first kappa shape index (κ1) is 22.1. The van der Waals surface area contributed by atoms with Crippen LogP contribution in [0.1, 0.15) is 28.8 Å². The molecule has 2 aromatic rings. The van der Waals surface area contributed by atoms with Crippen LogP contribution >= 0.6 is 11.6 Å². The predicted octanol–water partition coefficient (Wildman–Crippen LogP) is 2.11. The van der Waals surface area contributed by atoms with E-state index in [0.29, 0.717) is 35.9 Å².